The number of morpholine rings is 1. The average Bonchev–Trinajstić information content (AvgIpc) is 3.12. The molecule has 0 radical (unpaired) electrons. The van der Waals surface area contributed by atoms with E-state index in [2.05, 4.69) is 20.5 Å². The largest absolute Gasteiger partial charge is 0.480 e. The monoisotopic (exact) mass is 347 g/mol. The number of pyridine rings is 1. The number of methoxy groups -OCH3 is 1. The first-order valence-corrected chi connectivity index (χ1v) is 8.07. The van der Waals surface area contributed by atoms with Crippen LogP contribution in [0.2, 0.25) is 0 Å². The minimum atomic E-state index is -0.434. The van der Waals surface area contributed by atoms with E-state index in [-0.39, 0.29) is 11.9 Å². The van der Waals surface area contributed by atoms with Gasteiger partial charge in [-0.15, -0.1) is 10.2 Å². The molecule has 25 heavy (non-hydrogen) atoms. The van der Waals surface area contributed by atoms with Gasteiger partial charge in [-0.2, -0.15) is 0 Å². The van der Waals surface area contributed by atoms with Crippen molar-refractivity contribution in [3.63, 3.8) is 0 Å². The molecule has 9 heteroatoms. The lowest BCUT2D eigenvalue weighted by Crippen LogP contribution is -2.45. The van der Waals surface area contributed by atoms with Crippen molar-refractivity contribution in [1.82, 2.24) is 20.1 Å². The summed E-state index contributed by atoms with van der Waals surface area (Å²) in [5.74, 6) is 1.37. The fraction of sp³-hybridized carbons (Fsp3) is 0.500. The molecule has 2 amide bonds. The number of aromatic nitrogens is 3. The van der Waals surface area contributed by atoms with Crippen LogP contribution in [-0.4, -0.2) is 53.0 Å². The third-order valence-corrected chi connectivity index (χ3v) is 3.83. The molecule has 134 valence electrons. The highest BCUT2D eigenvalue weighted by atomic mass is 16.5. The number of hydrogen-bond donors (Lipinski definition) is 1. The Kier molecular flexibility index (Phi) is 5.13. The zero-order valence-corrected chi connectivity index (χ0v) is 14.4. The zero-order valence-electron chi connectivity index (χ0n) is 14.4. The first-order chi connectivity index (χ1) is 12.1. The van der Waals surface area contributed by atoms with Gasteiger partial charge in [-0.3, -0.25) is 0 Å². The molecule has 1 atom stereocenters. The highest BCUT2D eigenvalue weighted by Crippen LogP contribution is 2.27. The van der Waals surface area contributed by atoms with Gasteiger partial charge in [0.1, 0.15) is 11.7 Å². The Labute approximate surface area is 145 Å². The van der Waals surface area contributed by atoms with Crippen LogP contribution in [0.3, 0.4) is 0 Å². The number of rotatable bonds is 4. The second-order valence-electron chi connectivity index (χ2n) is 5.91. The van der Waals surface area contributed by atoms with Crippen LogP contribution in [0.5, 0.6) is 5.88 Å². The van der Waals surface area contributed by atoms with E-state index in [1.165, 1.54) is 7.11 Å². The quantitative estimate of drug-likeness (QED) is 0.904. The number of hydrogen-bond acceptors (Lipinski definition) is 7. The van der Waals surface area contributed by atoms with Crippen molar-refractivity contribution in [3.05, 3.63) is 30.1 Å². The molecule has 2 aromatic heterocycles. The predicted molar refractivity (Wildman–Crippen MR) is 88.5 cm³/mol. The summed E-state index contributed by atoms with van der Waals surface area (Å²) in [4.78, 5) is 18.4. The Bertz CT molecular complexity index is 733. The van der Waals surface area contributed by atoms with E-state index in [0.29, 0.717) is 43.1 Å². The van der Waals surface area contributed by atoms with E-state index in [1.807, 2.05) is 13.8 Å². The lowest BCUT2D eigenvalue weighted by Gasteiger charge is -2.33. The number of carbonyl (C=O) groups excluding carboxylic acids is 1. The molecule has 1 saturated heterocycles. The first kappa shape index (κ1) is 17.2. The normalized spacial score (nSPS) is 17.6. The van der Waals surface area contributed by atoms with Crippen LogP contribution in [0.15, 0.2) is 22.7 Å². The summed E-state index contributed by atoms with van der Waals surface area (Å²) in [6.07, 6.45) is 1.60. The maximum absolute atomic E-state index is 12.7. The second-order valence-corrected chi connectivity index (χ2v) is 5.91. The molecule has 0 saturated carbocycles. The average molecular weight is 347 g/mol. The molecule has 1 fully saturated rings. The molecular weight excluding hydrogens is 326 g/mol. The number of urea groups is 1. The fourth-order valence-corrected chi connectivity index (χ4v) is 2.50. The summed E-state index contributed by atoms with van der Waals surface area (Å²) in [6, 6.07) is 2.71. The van der Waals surface area contributed by atoms with E-state index < -0.39 is 6.04 Å². The summed E-state index contributed by atoms with van der Waals surface area (Å²) in [7, 11) is 1.50. The third kappa shape index (κ3) is 3.71. The first-order valence-electron chi connectivity index (χ1n) is 8.07. The van der Waals surface area contributed by atoms with Crippen LogP contribution in [0.25, 0.3) is 0 Å². The van der Waals surface area contributed by atoms with Gasteiger partial charge < -0.3 is 24.1 Å². The van der Waals surface area contributed by atoms with Crippen molar-refractivity contribution in [2.24, 2.45) is 0 Å². The number of nitrogens with zero attached hydrogens (tertiary/aromatic N) is 4. The summed E-state index contributed by atoms with van der Waals surface area (Å²) < 4.78 is 16.4. The second kappa shape index (κ2) is 7.47. The molecular formula is C16H21N5O4. The van der Waals surface area contributed by atoms with Crippen LogP contribution >= 0.6 is 0 Å². The predicted octanol–water partition coefficient (Wildman–Crippen LogP) is 2.20. The number of nitrogens with one attached hydrogen (secondary N) is 1. The highest BCUT2D eigenvalue weighted by Gasteiger charge is 2.33. The Morgan fingerprint density at radius 1 is 1.44 bits per heavy atom. The van der Waals surface area contributed by atoms with Crippen molar-refractivity contribution < 1.29 is 18.7 Å². The van der Waals surface area contributed by atoms with Gasteiger partial charge >= 0.3 is 6.03 Å². The van der Waals surface area contributed by atoms with E-state index in [9.17, 15) is 4.79 Å². The van der Waals surface area contributed by atoms with Crippen molar-refractivity contribution in [2.45, 2.75) is 25.8 Å². The van der Waals surface area contributed by atoms with Gasteiger partial charge in [0.25, 0.3) is 0 Å². The van der Waals surface area contributed by atoms with E-state index in [1.54, 1.807) is 23.2 Å². The molecule has 3 heterocycles. The van der Waals surface area contributed by atoms with Gasteiger partial charge in [0.2, 0.25) is 17.7 Å². The SMILES string of the molecule is COc1ncccc1NC(=O)N1CCOC[C@@H]1c1nnc(C(C)C)o1. The van der Waals surface area contributed by atoms with E-state index in [4.69, 9.17) is 13.9 Å². The third-order valence-electron chi connectivity index (χ3n) is 3.83. The van der Waals surface area contributed by atoms with Gasteiger partial charge in [-0.05, 0) is 12.1 Å². The van der Waals surface area contributed by atoms with Gasteiger partial charge in [0, 0.05) is 18.7 Å². The lowest BCUT2D eigenvalue weighted by molar-refractivity contribution is 0.00493. The summed E-state index contributed by atoms with van der Waals surface area (Å²) >= 11 is 0. The zero-order chi connectivity index (χ0) is 17.8. The standard InChI is InChI=1S/C16H21N5O4/c1-10(2)13-19-20-15(25-13)12-9-24-8-7-21(12)16(22)18-11-5-4-6-17-14(11)23-3/h4-6,10,12H,7-9H2,1-3H3,(H,18,22)/t12-/m1/s1. The fourth-order valence-electron chi connectivity index (χ4n) is 2.50. The molecule has 2 aromatic rings. The van der Waals surface area contributed by atoms with Crippen LogP contribution in [0.1, 0.15) is 37.6 Å². The van der Waals surface area contributed by atoms with Gasteiger partial charge in [-0.1, -0.05) is 13.8 Å². The molecule has 0 aromatic carbocycles. The number of carbonyl (C=O) groups is 1. The Balaban J connectivity index is 1.79. The van der Waals surface area contributed by atoms with Crippen molar-refractivity contribution >= 4 is 11.7 Å². The number of anilines is 1. The minimum Gasteiger partial charge on any atom is -0.480 e. The van der Waals surface area contributed by atoms with Crippen LogP contribution in [-0.2, 0) is 4.74 Å². The van der Waals surface area contributed by atoms with Crippen LogP contribution in [0, 0.1) is 0 Å². The number of ether oxygens (including phenoxy) is 2. The van der Waals surface area contributed by atoms with Crippen LogP contribution in [0.4, 0.5) is 10.5 Å². The Morgan fingerprint density at radius 2 is 2.28 bits per heavy atom. The van der Waals surface area contributed by atoms with Crippen molar-refractivity contribution in [3.8, 4) is 5.88 Å². The van der Waals surface area contributed by atoms with Crippen molar-refractivity contribution in [2.75, 3.05) is 32.2 Å². The molecule has 9 nitrogen and oxygen atoms in total. The minimum absolute atomic E-state index is 0.118. The van der Waals surface area contributed by atoms with E-state index in [0.717, 1.165) is 0 Å². The molecule has 1 aliphatic rings. The van der Waals surface area contributed by atoms with Gasteiger partial charge in [-0.25, -0.2) is 9.78 Å². The van der Waals surface area contributed by atoms with Gasteiger partial charge in [0.05, 0.1) is 20.3 Å². The molecule has 0 unspecified atom stereocenters. The maximum atomic E-state index is 12.7. The molecule has 0 aliphatic carbocycles. The Hall–Kier alpha value is -2.68. The summed E-state index contributed by atoms with van der Waals surface area (Å²) in [5.41, 5.74) is 0.494. The van der Waals surface area contributed by atoms with Gasteiger partial charge in [0.15, 0.2) is 0 Å². The smallest absolute Gasteiger partial charge is 0.322 e. The Morgan fingerprint density at radius 3 is 3.00 bits per heavy atom. The number of amides is 2. The highest BCUT2D eigenvalue weighted by molar-refractivity contribution is 5.90. The molecule has 0 spiro atoms. The molecule has 1 aliphatic heterocycles. The molecule has 3 rings (SSSR count). The van der Waals surface area contributed by atoms with E-state index >= 15 is 0 Å². The van der Waals surface area contributed by atoms with Crippen LogP contribution < -0.4 is 10.1 Å². The van der Waals surface area contributed by atoms with Crippen molar-refractivity contribution in [1.29, 1.82) is 0 Å². The topological polar surface area (TPSA) is 103 Å². The lowest BCUT2D eigenvalue weighted by atomic mass is 10.2. The summed E-state index contributed by atoms with van der Waals surface area (Å²) in [5, 5.41) is 10.9. The summed E-state index contributed by atoms with van der Waals surface area (Å²) in [6.45, 7) is 5.09. The molecule has 1 N–H and O–H groups in total. The molecule has 0 bridgehead atoms. The maximum Gasteiger partial charge on any atom is 0.322 e.